The first-order chi connectivity index (χ1) is 8.29. The minimum Gasteiger partial charge on any atom is -0.481 e. The SMILES string of the molecule is COc1ccc(COC(=O)c2cccs2)cn1. The van der Waals surface area contributed by atoms with Crippen LogP contribution in [0.1, 0.15) is 15.2 Å². The molecule has 2 aromatic heterocycles. The van der Waals surface area contributed by atoms with Crippen molar-refractivity contribution in [2.45, 2.75) is 6.61 Å². The normalized spacial score (nSPS) is 9.94. The number of ether oxygens (including phenoxy) is 2. The van der Waals surface area contributed by atoms with Crippen LogP contribution in [0.2, 0.25) is 0 Å². The summed E-state index contributed by atoms with van der Waals surface area (Å²) in [5, 5.41) is 1.84. The van der Waals surface area contributed by atoms with Gasteiger partial charge in [0.2, 0.25) is 5.88 Å². The summed E-state index contributed by atoms with van der Waals surface area (Å²) in [7, 11) is 1.55. The molecule has 17 heavy (non-hydrogen) atoms. The zero-order valence-electron chi connectivity index (χ0n) is 9.25. The molecule has 0 unspecified atom stereocenters. The molecule has 0 atom stereocenters. The summed E-state index contributed by atoms with van der Waals surface area (Å²) in [6, 6.07) is 7.09. The molecule has 0 N–H and O–H groups in total. The molecule has 2 heterocycles. The first-order valence-electron chi connectivity index (χ1n) is 4.99. The van der Waals surface area contributed by atoms with E-state index in [1.54, 1.807) is 25.4 Å². The maximum Gasteiger partial charge on any atom is 0.348 e. The van der Waals surface area contributed by atoms with Gasteiger partial charge in [0, 0.05) is 17.8 Å². The lowest BCUT2D eigenvalue weighted by Gasteiger charge is -2.04. The Balaban J connectivity index is 1.91. The Bertz CT molecular complexity index is 479. The van der Waals surface area contributed by atoms with E-state index in [1.807, 2.05) is 17.5 Å². The monoisotopic (exact) mass is 249 g/mol. The molecule has 0 radical (unpaired) electrons. The maximum absolute atomic E-state index is 11.5. The number of rotatable bonds is 4. The first-order valence-corrected chi connectivity index (χ1v) is 5.87. The molecule has 0 fully saturated rings. The van der Waals surface area contributed by atoms with Crippen LogP contribution < -0.4 is 4.74 Å². The van der Waals surface area contributed by atoms with Crippen molar-refractivity contribution < 1.29 is 14.3 Å². The third-order valence-corrected chi connectivity index (χ3v) is 2.95. The smallest absolute Gasteiger partial charge is 0.348 e. The second kappa shape index (κ2) is 5.45. The highest BCUT2D eigenvalue weighted by Crippen LogP contribution is 2.12. The number of carbonyl (C=O) groups excluding carboxylic acids is 1. The lowest BCUT2D eigenvalue weighted by atomic mass is 10.3. The lowest BCUT2D eigenvalue weighted by molar-refractivity contribution is 0.0478. The molecule has 88 valence electrons. The van der Waals surface area contributed by atoms with E-state index < -0.39 is 0 Å². The summed E-state index contributed by atoms with van der Waals surface area (Å²) in [6.07, 6.45) is 1.63. The van der Waals surface area contributed by atoms with Gasteiger partial charge in [0.1, 0.15) is 11.5 Å². The molecular formula is C12H11NO3S. The molecule has 0 aliphatic rings. The molecule has 0 aliphatic carbocycles. The average Bonchev–Trinajstić information content (AvgIpc) is 2.90. The highest BCUT2D eigenvalue weighted by molar-refractivity contribution is 7.11. The van der Waals surface area contributed by atoms with E-state index >= 15 is 0 Å². The van der Waals surface area contributed by atoms with Crippen LogP contribution in [-0.4, -0.2) is 18.1 Å². The zero-order chi connectivity index (χ0) is 12.1. The maximum atomic E-state index is 11.5. The van der Waals surface area contributed by atoms with E-state index in [2.05, 4.69) is 4.98 Å². The van der Waals surface area contributed by atoms with Crippen molar-refractivity contribution in [2.75, 3.05) is 7.11 Å². The largest absolute Gasteiger partial charge is 0.481 e. The van der Waals surface area contributed by atoms with Gasteiger partial charge in [0.15, 0.2) is 0 Å². The van der Waals surface area contributed by atoms with E-state index in [0.29, 0.717) is 10.8 Å². The topological polar surface area (TPSA) is 48.4 Å². The van der Waals surface area contributed by atoms with Crippen molar-refractivity contribution in [2.24, 2.45) is 0 Å². The van der Waals surface area contributed by atoms with Gasteiger partial charge in [0.25, 0.3) is 0 Å². The van der Waals surface area contributed by atoms with Gasteiger partial charge < -0.3 is 9.47 Å². The van der Waals surface area contributed by atoms with Crippen molar-refractivity contribution >= 4 is 17.3 Å². The van der Waals surface area contributed by atoms with Crippen molar-refractivity contribution in [3.63, 3.8) is 0 Å². The standard InChI is InChI=1S/C12H11NO3S/c1-15-11-5-4-9(7-13-11)8-16-12(14)10-3-2-6-17-10/h2-7H,8H2,1H3. The van der Waals surface area contributed by atoms with E-state index in [0.717, 1.165) is 5.56 Å². The minimum atomic E-state index is -0.309. The minimum absolute atomic E-state index is 0.216. The van der Waals surface area contributed by atoms with Crippen LogP contribution >= 0.6 is 11.3 Å². The molecule has 0 saturated heterocycles. The van der Waals surface area contributed by atoms with Gasteiger partial charge >= 0.3 is 5.97 Å². The summed E-state index contributed by atoms with van der Waals surface area (Å²) < 4.78 is 10.1. The van der Waals surface area contributed by atoms with Crippen LogP contribution in [0.15, 0.2) is 35.8 Å². The van der Waals surface area contributed by atoms with Gasteiger partial charge in [-0.05, 0) is 17.5 Å². The van der Waals surface area contributed by atoms with Gasteiger partial charge in [-0.15, -0.1) is 11.3 Å². The van der Waals surface area contributed by atoms with Crippen LogP contribution in [0, 0.1) is 0 Å². The van der Waals surface area contributed by atoms with Crippen LogP contribution in [0.3, 0.4) is 0 Å². The fourth-order valence-corrected chi connectivity index (χ4v) is 1.85. The number of methoxy groups -OCH3 is 1. The quantitative estimate of drug-likeness (QED) is 0.781. The summed E-state index contributed by atoms with van der Waals surface area (Å²) in [6.45, 7) is 0.216. The van der Waals surface area contributed by atoms with Crippen molar-refractivity contribution in [3.8, 4) is 5.88 Å². The van der Waals surface area contributed by atoms with Crippen molar-refractivity contribution in [1.29, 1.82) is 0 Å². The fraction of sp³-hybridized carbons (Fsp3) is 0.167. The Kier molecular flexibility index (Phi) is 3.72. The summed E-state index contributed by atoms with van der Waals surface area (Å²) in [4.78, 5) is 16.2. The number of hydrogen-bond acceptors (Lipinski definition) is 5. The fourth-order valence-electron chi connectivity index (χ4n) is 1.23. The Morgan fingerprint density at radius 1 is 1.41 bits per heavy atom. The summed E-state index contributed by atoms with van der Waals surface area (Å²) in [5.74, 6) is 0.231. The number of aromatic nitrogens is 1. The van der Waals surface area contributed by atoms with Crippen molar-refractivity contribution in [1.82, 2.24) is 4.98 Å². The van der Waals surface area contributed by atoms with Crippen LogP contribution in [0.4, 0.5) is 0 Å². The van der Waals surface area contributed by atoms with E-state index in [1.165, 1.54) is 11.3 Å². The van der Waals surface area contributed by atoms with Crippen molar-refractivity contribution in [3.05, 3.63) is 46.3 Å². The number of esters is 1. The number of carbonyl (C=O) groups is 1. The molecular weight excluding hydrogens is 238 g/mol. The predicted octanol–water partition coefficient (Wildman–Crippen LogP) is 2.51. The Hall–Kier alpha value is -1.88. The molecule has 0 amide bonds. The van der Waals surface area contributed by atoms with Crippen LogP contribution in [0.5, 0.6) is 5.88 Å². The highest BCUT2D eigenvalue weighted by Gasteiger charge is 2.07. The van der Waals surface area contributed by atoms with Gasteiger partial charge in [0.05, 0.1) is 7.11 Å². The number of nitrogens with zero attached hydrogens (tertiary/aromatic N) is 1. The molecule has 0 saturated carbocycles. The van der Waals surface area contributed by atoms with Crippen LogP contribution in [0.25, 0.3) is 0 Å². The molecule has 5 heteroatoms. The number of pyridine rings is 1. The third kappa shape index (κ3) is 3.04. The molecule has 0 aliphatic heterocycles. The third-order valence-electron chi connectivity index (χ3n) is 2.10. The number of hydrogen-bond donors (Lipinski definition) is 0. The second-order valence-electron chi connectivity index (χ2n) is 3.26. The Labute approximate surface area is 103 Å². The average molecular weight is 249 g/mol. The van der Waals surface area contributed by atoms with E-state index in [-0.39, 0.29) is 12.6 Å². The first kappa shape index (κ1) is 11.6. The predicted molar refractivity (Wildman–Crippen MR) is 64.2 cm³/mol. The molecule has 0 aromatic carbocycles. The second-order valence-corrected chi connectivity index (χ2v) is 4.21. The molecule has 0 bridgehead atoms. The van der Waals surface area contributed by atoms with E-state index in [4.69, 9.17) is 9.47 Å². The molecule has 2 rings (SSSR count). The summed E-state index contributed by atoms with van der Waals surface area (Å²) >= 11 is 1.36. The number of thiophene rings is 1. The Morgan fingerprint density at radius 2 is 2.29 bits per heavy atom. The Morgan fingerprint density at radius 3 is 2.88 bits per heavy atom. The van der Waals surface area contributed by atoms with Gasteiger partial charge in [-0.25, -0.2) is 9.78 Å². The zero-order valence-corrected chi connectivity index (χ0v) is 10.1. The highest BCUT2D eigenvalue weighted by atomic mass is 32.1. The van der Waals surface area contributed by atoms with Crippen LogP contribution in [-0.2, 0) is 11.3 Å². The van der Waals surface area contributed by atoms with Gasteiger partial charge in [-0.2, -0.15) is 0 Å². The van der Waals surface area contributed by atoms with Gasteiger partial charge in [-0.3, -0.25) is 0 Å². The molecule has 4 nitrogen and oxygen atoms in total. The molecule has 2 aromatic rings. The summed E-state index contributed by atoms with van der Waals surface area (Å²) in [5.41, 5.74) is 0.829. The van der Waals surface area contributed by atoms with Gasteiger partial charge in [-0.1, -0.05) is 6.07 Å². The van der Waals surface area contributed by atoms with E-state index in [9.17, 15) is 4.79 Å². The molecule has 0 spiro atoms. The lowest BCUT2D eigenvalue weighted by Crippen LogP contribution is -2.03.